The van der Waals surface area contributed by atoms with Crippen LogP contribution in [-0.4, -0.2) is 29.6 Å². The monoisotopic (exact) mass is 328 g/mol. The summed E-state index contributed by atoms with van der Waals surface area (Å²) in [5.41, 5.74) is 0.946. The van der Waals surface area contributed by atoms with E-state index in [4.69, 9.17) is 11.6 Å². The first-order valence-electron chi connectivity index (χ1n) is 6.54. The number of sulfone groups is 1. The molecule has 1 unspecified atom stereocenters. The van der Waals surface area contributed by atoms with Crippen molar-refractivity contribution in [3.05, 3.63) is 46.7 Å². The van der Waals surface area contributed by atoms with Crippen molar-refractivity contribution in [1.29, 1.82) is 0 Å². The first kappa shape index (κ1) is 16.0. The zero-order chi connectivity index (χ0) is 15.6. The molecule has 114 valence electrons. The molecule has 0 saturated carbocycles. The summed E-state index contributed by atoms with van der Waals surface area (Å²) in [6, 6.07) is 6.22. The molecular weight excluding hydrogens is 312 g/mol. The van der Waals surface area contributed by atoms with E-state index in [0.717, 1.165) is 12.7 Å². The van der Waals surface area contributed by atoms with E-state index in [2.05, 4.69) is 5.10 Å². The van der Waals surface area contributed by atoms with Gasteiger partial charge in [0.05, 0.1) is 21.8 Å². The fourth-order valence-corrected chi connectivity index (χ4v) is 3.03. The van der Waals surface area contributed by atoms with Crippen LogP contribution in [0.5, 0.6) is 0 Å². The van der Waals surface area contributed by atoms with Crippen LogP contribution in [-0.2, 0) is 16.4 Å². The summed E-state index contributed by atoms with van der Waals surface area (Å²) in [7, 11) is -3.32. The molecule has 0 aliphatic heterocycles. The highest BCUT2D eigenvalue weighted by atomic mass is 35.5. The third-order valence-electron chi connectivity index (χ3n) is 3.13. The summed E-state index contributed by atoms with van der Waals surface area (Å²) in [6.07, 6.45) is 2.44. The van der Waals surface area contributed by atoms with Gasteiger partial charge < -0.3 is 5.11 Å². The average Bonchev–Trinajstić information content (AvgIpc) is 2.79. The number of halogens is 1. The van der Waals surface area contributed by atoms with Crippen molar-refractivity contribution < 1.29 is 13.5 Å². The predicted molar refractivity (Wildman–Crippen MR) is 81.1 cm³/mol. The minimum absolute atomic E-state index is 0.164. The summed E-state index contributed by atoms with van der Waals surface area (Å²) >= 11 is 6.09. The number of hydrogen-bond donors (Lipinski definition) is 1. The fraction of sp³-hybridized carbons (Fsp3) is 0.357. The second kappa shape index (κ2) is 6.17. The zero-order valence-electron chi connectivity index (χ0n) is 11.8. The van der Waals surface area contributed by atoms with Crippen molar-refractivity contribution in [3.8, 4) is 0 Å². The van der Waals surface area contributed by atoms with E-state index in [-0.39, 0.29) is 4.90 Å². The molecule has 0 amide bonds. The van der Waals surface area contributed by atoms with Gasteiger partial charge in [0.15, 0.2) is 9.84 Å². The molecule has 0 fully saturated rings. The SMILES string of the molecule is CCCn1ncc(Cl)c1C(O)c1cccc(S(C)(=O)=O)c1. The molecule has 1 heterocycles. The topological polar surface area (TPSA) is 72.2 Å². The molecule has 21 heavy (non-hydrogen) atoms. The molecule has 2 aromatic rings. The summed E-state index contributed by atoms with van der Waals surface area (Å²) < 4.78 is 24.8. The maximum absolute atomic E-state index is 11.6. The minimum Gasteiger partial charge on any atom is -0.382 e. The Morgan fingerprint density at radius 3 is 2.76 bits per heavy atom. The van der Waals surface area contributed by atoms with Gasteiger partial charge in [0.2, 0.25) is 0 Å². The van der Waals surface area contributed by atoms with Crippen LogP contribution in [0.3, 0.4) is 0 Å². The molecule has 0 saturated heterocycles. The third-order valence-corrected chi connectivity index (χ3v) is 4.53. The van der Waals surface area contributed by atoms with Gasteiger partial charge in [-0.2, -0.15) is 5.10 Å². The number of aliphatic hydroxyl groups is 1. The average molecular weight is 329 g/mol. The van der Waals surface area contributed by atoms with Gasteiger partial charge in [-0.25, -0.2) is 8.42 Å². The summed E-state index contributed by atoms with van der Waals surface area (Å²) in [4.78, 5) is 0.164. The van der Waals surface area contributed by atoms with Gasteiger partial charge in [0.25, 0.3) is 0 Å². The Morgan fingerprint density at radius 2 is 2.14 bits per heavy atom. The third kappa shape index (κ3) is 3.45. The van der Waals surface area contributed by atoms with Crippen molar-refractivity contribution in [2.75, 3.05) is 6.26 Å². The van der Waals surface area contributed by atoms with Crippen molar-refractivity contribution >= 4 is 21.4 Å². The van der Waals surface area contributed by atoms with Gasteiger partial charge in [-0.15, -0.1) is 0 Å². The summed E-state index contributed by atoms with van der Waals surface area (Å²) in [5.74, 6) is 0. The van der Waals surface area contributed by atoms with Crippen molar-refractivity contribution in [2.45, 2.75) is 30.9 Å². The molecule has 0 spiro atoms. The molecule has 7 heteroatoms. The van der Waals surface area contributed by atoms with Crippen LogP contribution in [0.25, 0.3) is 0 Å². The van der Waals surface area contributed by atoms with E-state index in [0.29, 0.717) is 22.8 Å². The molecular formula is C14H17ClN2O3S. The molecule has 1 aromatic carbocycles. The first-order valence-corrected chi connectivity index (χ1v) is 8.80. The van der Waals surface area contributed by atoms with Gasteiger partial charge in [-0.3, -0.25) is 4.68 Å². The number of aliphatic hydroxyl groups excluding tert-OH is 1. The summed E-state index contributed by atoms with van der Waals surface area (Å²) in [6.45, 7) is 2.63. The Kier molecular flexibility index (Phi) is 4.70. The minimum atomic E-state index is -3.32. The lowest BCUT2D eigenvalue weighted by Crippen LogP contribution is -2.11. The Balaban J connectivity index is 2.45. The second-order valence-corrected chi connectivity index (χ2v) is 7.27. The van der Waals surface area contributed by atoms with Gasteiger partial charge >= 0.3 is 0 Å². The molecule has 0 radical (unpaired) electrons. The Hall–Kier alpha value is -1.37. The molecule has 1 aromatic heterocycles. The van der Waals surface area contributed by atoms with E-state index < -0.39 is 15.9 Å². The quantitative estimate of drug-likeness (QED) is 0.915. The van der Waals surface area contributed by atoms with E-state index in [9.17, 15) is 13.5 Å². The highest BCUT2D eigenvalue weighted by molar-refractivity contribution is 7.90. The largest absolute Gasteiger partial charge is 0.382 e. The van der Waals surface area contributed by atoms with Crippen molar-refractivity contribution in [1.82, 2.24) is 9.78 Å². The van der Waals surface area contributed by atoms with Crippen LogP contribution < -0.4 is 0 Å². The van der Waals surface area contributed by atoms with Crippen LogP contribution in [0.4, 0.5) is 0 Å². The molecule has 0 bridgehead atoms. The lowest BCUT2D eigenvalue weighted by molar-refractivity contribution is 0.207. The van der Waals surface area contributed by atoms with Gasteiger partial charge in [-0.1, -0.05) is 30.7 Å². The van der Waals surface area contributed by atoms with Crippen LogP contribution in [0.2, 0.25) is 5.02 Å². The fourth-order valence-electron chi connectivity index (χ4n) is 2.11. The standard InChI is InChI=1S/C14H17ClN2O3S/c1-3-7-17-13(12(15)9-16-17)14(18)10-5-4-6-11(8-10)21(2,19)20/h4-6,8-9,14,18H,3,7H2,1-2H3. The second-order valence-electron chi connectivity index (χ2n) is 4.85. The van der Waals surface area contributed by atoms with E-state index in [1.165, 1.54) is 18.3 Å². The number of hydrogen-bond acceptors (Lipinski definition) is 4. The Bertz CT molecular complexity index is 740. The highest BCUT2D eigenvalue weighted by Crippen LogP contribution is 2.29. The molecule has 0 aliphatic rings. The summed E-state index contributed by atoms with van der Waals surface area (Å²) in [5, 5.41) is 15.0. The van der Waals surface area contributed by atoms with Crippen molar-refractivity contribution in [3.63, 3.8) is 0 Å². The van der Waals surface area contributed by atoms with Gasteiger partial charge in [-0.05, 0) is 24.1 Å². The number of nitrogens with zero attached hydrogens (tertiary/aromatic N) is 2. The highest BCUT2D eigenvalue weighted by Gasteiger charge is 2.21. The maximum atomic E-state index is 11.6. The molecule has 0 aliphatic carbocycles. The molecule has 5 nitrogen and oxygen atoms in total. The lowest BCUT2D eigenvalue weighted by Gasteiger charge is -2.15. The van der Waals surface area contributed by atoms with Crippen LogP contribution >= 0.6 is 11.6 Å². The number of aromatic nitrogens is 2. The van der Waals surface area contributed by atoms with E-state index >= 15 is 0 Å². The Morgan fingerprint density at radius 1 is 1.43 bits per heavy atom. The van der Waals surface area contributed by atoms with Crippen LogP contribution in [0.15, 0.2) is 35.4 Å². The first-order chi connectivity index (χ1) is 9.84. The smallest absolute Gasteiger partial charge is 0.175 e. The zero-order valence-corrected chi connectivity index (χ0v) is 13.4. The number of aryl methyl sites for hydroxylation is 1. The lowest BCUT2D eigenvalue weighted by atomic mass is 10.1. The Labute approximate surface area is 129 Å². The number of benzene rings is 1. The maximum Gasteiger partial charge on any atom is 0.175 e. The van der Waals surface area contributed by atoms with Crippen LogP contribution in [0, 0.1) is 0 Å². The van der Waals surface area contributed by atoms with Crippen molar-refractivity contribution in [2.24, 2.45) is 0 Å². The predicted octanol–water partition coefficient (Wildman–Crippen LogP) is 2.43. The van der Waals surface area contributed by atoms with E-state index in [1.807, 2.05) is 6.92 Å². The normalized spacial score (nSPS) is 13.3. The van der Waals surface area contributed by atoms with Gasteiger partial charge in [0.1, 0.15) is 6.10 Å². The molecule has 1 atom stereocenters. The number of rotatable bonds is 5. The molecule has 1 N–H and O–H groups in total. The van der Waals surface area contributed by atoms with Crippen LogP contribution in [0.1, 0.15) is 30.7 Å². The molecule has 2 rings (SSSR count). The van der Waals surface area contributed by atoms with Gasteiger partial charge in [0, 0.05) is 12.8 Å². The van der Waals surface area contributed by atoms with E-state index in [1.54, 1.807) is 16.8 Å².